The van der Waals surface area contributed by atoms with Crippen molar-refractivity contribution in [3.8, 4) is 0 Å². The summed E-state index contributed by atoms with van der Waals surface area (Å²) in [7, 11) is 0. The van der Waals surface area contributed by atoms with E-state index in [0.29, 0.717) is 6.42 Å². The van der Waals surface area contributed by atoms with Crippen molar-refractivity contribution in [3.05, 3.63) is 28.7 Å². The number of carbonyl (C=O) groups is 1. The summed E-state index contributed by atoms with van der Waals surface area (Å²) in [6, 6.07) is 7.55. The van der Waals surface area contributed by atoms with E-state index in [4.69, 9.17) is 0 Å². The molecule has 0 aliphatic heterocycles. The molecule has 0 spiro atoms. The van der Waals surface area contributed by atoms with Crippen LogP contribution in [-0.4, -0.2) is 5.91 Å². The third-order valence-electron chi connectivity index (χ3n) is 1.61. The first-order valence-electron chi connectivity index (χ1n) is 4.28. The summed E-state index contributed by atoms with van der Waals surface area (Å²) >= 11 is 3.33. The SMILES string of the molecule is CCCC(=O)Nc1ccc(Br)cc1. The van der Waals surface area contributed by atoms with Gasteiger partial charge in [-0.25, -0.2) is 0 Å². The molecule has 0 heterocycles. The maximum atomic E-state index is 11.2. The van der Waals surface area contributed by atoms with Crippen LogP contribution < -0.4 is 5.32 Å². The van der Waals surface area contributed by atoms with Crippen LogP contribution in [0.15, 0.2) is 28.7 Å². The molecule has 0 unspecified atom stereocenters. The summed E-state index contributed by atoms with van der Waals surface area (Å²) < 4.78 is 1.01. The van der Waals surface area contributed by atoms with Gasteiger partial charge in [-0.15, -0.1) is 0 Å². The van der Waals surface area contributed by atoms with Gasteiger partial charge >= 0.3 is 0 Å². The highest BCUT2D eigenvalue weighted by atomic mass is 79.9. The lowest BCUT2D eigenvalue weighted by Gasteiger charge is -2.03. The number of carbonyl (C=O) groups excluding carboxylic acids is 1. The van der Waals surface area contributed by atoms with E-state index in [9.17, 15) is 4.79 Å². The van der Waals surface area contributed by atoms with Crippen LogP contribution in [0.1, 0.15) is 19.8 Å². The van der Waals surface area contributed by atoms with Gasteiger partial charge in [-0.2, -0.15) is 0 Å². The first-order valence-corrected chi connectivity index (χ1v) is 5.07. The Kier molecular flexibility index (Phi) is 3.96. The van der Waals surface area contributed by atoms with Crippen LogP contribution in [0.4, 0.5) is 5.69 Å². The molecule has 1 amide bonds. The molecule has 1 aromatic carbocycles. The van der Waals surface area contributed by atoms with E-state index in [-0.39, 0.29) is 5.91 Å². The molecule has 0 radical (unpaired) electrons. The largest absolute Gasteiger partial charge is 0.326 e. The van der Waals surface area contributed by atoms with E-state index in [1.165, 1.54) is 0 Å². The lowest BCUT2D eigenvalue weighted by Crippen LogP contribution is -2.10. The van der Waals surface area contributed by atoms with Crippen molar-refractivity contribution >= 4 is 27.5 Å². The van der Waals surface area contributed by atoms with Gasteiger partial charge in [0.15, 0.2) is 0 Å². The van der Waals surface area contributed by atoms with Crippen molar-refractivity contribution in [2.24, 2.45) is 0 Å². The molecule has 13 heavy (non-hydrogen) atoms. The minimum absolute atomic E-state index is 0.0739. The lowest BCUT2D eigenvalue weighted by molar-refractivity contribution is -0.116. The Labute approximate surface area is 86.5 Å². The van der Waals surface area contributed by atoms with Crippen molar-refractivity contribution in [3.63, 3.8) is 0 Å². The minimum Gasteiger partial charge on any atom is -0.326 e. The fourth-order valence-corrected chi connectivity index (χ4v) is 1.25. The van der Waals surface area contributed by atoms with Gasteiger partial charge in [0.25, 0.3) is 0 Å². The van der Waals surface area contributed by atoms with Gasteiger partial charge in [-0.05, 0) is 30.7 Å². The highest BCUT2D eigenvalue weighted by Crippen LogP contribution is 2.14. The second-order valence-corrected chi connectivity index (χ2v) is 3.72. The monoisotopic (exact) mass is 241 g/mol. The molecular weight excluding hydrogens is 230 g/mol. The molecule has 1 aromatic rings. The first-order chi connectivity index (χ1) is 6.22. The highest BCUT2D eigenvalue weighted by Gasteiger charge is 1.99. The first kappa shape index (κ1) is 10.3. The summed E-state index contributed by atoms with van der Waals surface area (Å²) in [5.41, 5.74) is 0.849. The van der Waals surface area contributed by atoms with Gasteiger partial charge in [0.2, 0.25) is 5.91 Å². The predicted octanol–water partition coefficient (Wildman–Crippen LogP) is 3.19. The van der Waals surface area contributed by atoms with Crippen molar-refractivity contribution in [1.29, 1.82) is 0 Å². The molecule has 0 bridgehead atoms. The zero-order valence-corrected chi connectivity index (χ0v) is 9.10. The number of hydrogen-bond acceptors (Lipinski definition) is 1. The van der Waals surface area contributed by atoms with Gasteiger partial charge < -0.3 is 5.32 Å². The van der Waals surface area contributed by atoms with Crippen LogP contribution >= 0.6 is 15.9 Å². The normalized spacial score (nSPS) is 9.69. The fraction of sp³-hybridized carbons (Fsp3) is 0.300. The summed E-state index contributed by atoms with van der Waals surface area (Å²) in [6.07, 6.45) is 1.46. The van der Waals surface area contributed by atoms with E-state index in [0.717, 1.165) is 16.6 Å². The predicted molar refractivity (Wildman–Crippen MR) is 57.7 cm³/mol. The number of anilines is 1. The standard InChI is InChI=1S/C10H12BrNO/c1-2-3-10(13)12-9-6-4-8(11)5-7-9/h4-7H,2-3H2,1H3,(H,12,13). The Morgan fingerprint density at radius 3 is 2.54 bits per heavy atom. The molecular formula is C10H12BrNO. The maximum Gasteiger partial charge on any atom is 0.224 e. The van der Waals surface area contributed by atoms with Crippen molar-refractivity contribution in [2.45, 2.75) is 19.8 Å². The van der Waals surface area contributed by atoms with Crippen LogP contribution in [0.25, 0.3) is 0 Å². The number of rotatable bonds is 3. The maximum absolute atomic E-state index is 11.2. The van der Waals surface area contributed by atoms with Gasteiger partial charge in [0, 0.05) is 16.6 Å². The summed E-state index contributed by atoms with van der Waals surface area (Å²) in [6.45, 7) is 1.99. The molecule has 1 rings (SSSR count). The van der Waals surface area contributed by atoms with Gasteiger partial charge in [0.1, 0.15) is 0 Å². The van der Waals surface area contributed by atoms with Gasteiger partial charge in [-0.1, -0.05) is 22.9 Å². The van der Waals surface area contributed by atoms with Crippen molar-refractivity contribution in [1.82, 2.24) is 0 Å². The molecule has 3 heteroatoms. The topological polar surface area (TPSA) is 29.1 Å². The highest BCUT2D eigenvalue weighted by molar-refractivity contribution is 9.10. The molecule has 0 atom stereocenters. The van der Waals surface area contributed by atoms with E-state index >= 15 is 0 Å². The molecule has 1 N–H and O–H groups in total. The second-order valence-electron chi connectivity index (χ2n) is 2.81. The second kappa shape index (κ2) is 5.02. The summed E-state index contributed by atoms with van der Waals surface area (Å²) in [4.78, 5) is 11.2. The third-order valence-corrected chi connectivity index (χ3v) is 2.13. The average molecular weight is 242 g/mol. The molecule has 0 aliphatic carbocycles. The number of benzene rings is 1. The Morgan fingerprint density at radius 1 is 1.38 bits per heavy atom. The zero-order valence-electron chi connectivity index (χ0n) is 7.51. The Balaban J connectivity index is 2.54. The number of halogens is 1. The van der Waals surface area contributed by atoms with Crippen molar-refractivity contribution < 1.29 is 4.79 Å². The van der Waals surface area contributed by atoms with Crippen LogP contribution in [0.2, 0.25) is 0 Å². The van der Waals surface area contributed by atoms with Crippen molar-refractivity contribution in [2.75, 3.05) is 5.32 Å². The van der Waals surface area contributed by atoms with E-state index in [1.54, 1.807) is 0 Å². The number of amides is 1. The number of hydrogen-bond donors (Lipinski definition) is 1. The van der Waals surface area contributed by atoms with Crippen LogP contribution in [0, 0.1) is 0 Å². The van der Waals surface area contributed by atoms with Crippen LogP contribution in [0.3, 0.4) is 0 Å². The lowest BCUT2D eigenvalue weighted by atomic mass is 10.3. The average Bonchev–Trinajstić information content (AvgIpc) is 2.09. The molecule has 2 nitrogen and oxygen atoms in total. The molecule has 0 aliphatic rings. The summed E-state index contributed by atoms with van der Waals surface area (Å²) in [5, 5.41) is 2.81. The summed E-state index contributed by atoms with van der Waals surface area (Å²) in [5.74, 6) is 0.0739. The van der Waals surface area contributed by atoms with Gasteiger partial charge in [-0.3, -0.25) is 4.79 Å². The van der Waals surface area contributed by atoms with E-state index in [1.807, 2.05) is 31.2 Å². The van der Waals surface area contributed by atoms with Gasteiger partial charge in [0.05, 0.1) is 0 Å². The number of nitrogens with one attached hydrogen (secondary N) is 1. The quantitative estimate of drug-likeness (QED) is 0.866. The Hall–Kier alpha value is -0.830. The minimum atomic E-state index is 0.0739. The van der Waals surface area contributed by atoms with Crippen LogP contribution in [0.5, 0.6) is 0 Å². The van der Waals surface area contributed by atoms with E-state index in [2.05, 4.69) is 21.2 Å². The fourth-order valence-electron chi connectivity index (χ4n) is 0.984. The van der Waals surface area contributed by atoms with Crippen LogP contribution in [-0.2, 0) is 4.79 Å². The molecule has 0 aromatic heterocycles. The Morgan fingerprint density at radius 2 is 2.00 bits per heavy atom. The molecule has 0 saturated heterocycles. The Bertz CT molecular complexity index is 281. The third kappa shape index (κ3) is 3.59. The molecule has 0 fully saturated rings. The molecule has 0 saturated carbocycles. The van der Waals surface area contributed by atoms with E-state index < -0.39 is 0 Å². The zero-order chi connectivity index (χ0) is 9.68. The molecule has 70 valence electrons. The smallest absolute Gasteiger partial charge is 0.224 e.